The Morgan fingerprint density at radius 1 is 1.37 bits per heavy atom. The van der Waals surface area contributed by atoms with E-state index in [0.29, 0.717) is 23.4 Å². The summed E-state index contributed by atoms with van der Waals surface area (Å²) in [6.45, 7) is 0. The largest absolute Gasteiger partial charge is 0.495 e. The topological polar surface area (TPSA) is 81.4 Å². The molecule has 2 amide bonds. The van der Waals surface area contributed by atoms with Gasteiger partial charge in [-0.3, -0.25) is 9.59 Å². The molecule has 104 valence electrons. The number of methoxy groups -OCH3 is 1. The highest BCUT2D eigenvalue weighted by atomic mass is 79.9. The fourth-order valence-corrected chi connectivity index (χ4v) is 1.95. The van der Waals surface area contributed by atoms with Gasteiger partial charge in [-0.25, -0.2) is 0 Å². The quantitative estimate of drug-likeness (QED) is 0.595. The number of nitrogens with two attached hydrogens (primary N) is 1. The van der Waals surface area contributed by atoms with Crippen molar-refractivity contribution in [2.75, 3.05) is 17.8 Å². The minimum absolute atomic E-state index is 0.110. The summed E-state index contributed by atoms with van der Waals surface area (Å²) in [6, 6.07) is 4.68. The normalized spacial score (nSPS) is 10.0. The van der Waals surface area contributed by atoms with E-state index in [2.05, 4.69) is 21.2 Å². The van der Waals surface area contributed by atoms with Crippen LogP contribution in [0.25, 0.3) is 0 Å². The third-order valence-corrected chi connectivity index (χ3v) is 3.11. The summed E-state index contributed by atoms with van der Waals surface area (Å²) in [4.78, 5) is 22.9. The van der Waals surface area contributed by atoms with Crippen molar-refractivity contribution >= 4 is 33.4 Å². The highest BCUT2D eigenvalue weighted by molar-refractivity contribution is 9.09. The number of hydrogen-bond donors (Lipinski definition) is 2. The van der Waals surface area contributed by atoms with E-state index in [1.165, 1.54) is 13.2 Å². The molecule has 0 atom stereocenters. The molecule has 1 aromatic carbocycles. The number of rotatable bonds is 7. The molecule has 0 aliphatic rings. The van der Waals surface area contributed by atoms with Crippen LogP contribution in [0.1, 0.15) is 29.6 Å². The van der Waals surface area contributed by atoms with Crippen molar-refractivity contribution in [2.24, 2.45) is 5.73 Å². The summed E-state index contributed by atoms with van der Waals surface area (Å²) in [6.07, 6.45) is 2.16. The lowest BCUT2D eigenvalue weighted by Gasteiger charge is -2.11. The third kappa shape index (κ3) is 4.90. The van der Waals surface area contributed by atoms with E-state index in [9.17, 15) is 9.59 Å². The Bertz CT molecular complexity index is 463. The maximum absolute atomic E-state index is 11.7. The van der Waals surface area contributed by atoms with Gasteiger partial charge in [-0.1, -0.05) is 15.9 Å². The molecule has 6 heteroatoms. The fraction of sp³-hybridized carbons (Fsp3) is 0.385. The average molecular weight is 329 g/mol. The Morgan fingerprint density at radius 3 is 2.68 bits per heavy atom. The molecule has 0 radical (unpaired) electrons. The van der Waals surface area contributed by atoms with Gasteiger partial charge in [0.05, 0.1) is 12.8 Å². The van der Waals surface area contributed by atoms with Crippen molar-refractivity contribution in [3.63, 3.8) is 0 Å². The van der Waals surface area contributed by atoms with E-state index in [4.69, 9.17) is 10.5 Å². The number of nitrogens with one attached hydrogen (secondary N) is 1. The number of carbonyl (C=O) groups excluding carboxylic acids is 2. The van der Waals surface area contributed by atoms with E-state index in [1.807, 2.05) is 0 Å². The molecule has 0 saturated heterocycles. The zero-order chi connectivity index (χ0) is 14.3. The van der Waals surface area contributed by atoms with Gasteiger partial charge in [0.25, 0.3) is 0 Å². The Balaban J connectivity index is 2.77. The Hall–Kier alpha value is -1.56. The van der Waals surface area contributed by atoms with Crippen molar-refractivity contribution in [2.45, 2.75) is 19.3 Å². The van der Waals surface area contributed by atoms with Gasteiger partial charge >= 0.3 is 0 Å². The highest BCUT2D eigenvalue weighted by Gasteiger charge is 2.10. The lowest BCUT2D eigenvalue weighted by molar-refractivity contribution is -0.116. The molecule has 0 aliphatic heterocycles. The number of alkyl halides is 1. The third-order valence-electron chi connectivity index (χ3n) is 2.55. The number of carbonyl (C=O) groups is 2. The predicted octanol–water partition coefficient (Wildman–Crippen LogP) is 2.30. The lowest BCUT2D eigenvalue weighted by Crippen LogP contribution is -2.15. The molecule has 19 heavy (non-hydrogen) atoms. The molecule has 5 nitrogen and oxygen atoms in total. The first-order valence-electron chi connectivity index (χ1n) is 5.92. The van der Waals surface area contributed by atoms with E-state index >= 15 is 0 Å². The predicted molar refractivity (Wildman–Crippen MR) is 77.8 cm³/mol. The summed E-state index contributed by atoms with van der Waals surface area (Å²) in [5.41, 5.74) is 6.00. The standard InChI is InChI=1S/C13H17BrN2O3/c1-19-11-6-5-9(13(15)18)8-10(11)16-12(17)4-2-3-7-14/h5-6,8H,2-4,7H2,1H3,(H2,15,18)(H,16,17). The first-order valence-corrected chi connectivity index (χ1v) is 7.04. The Labute approximate surface area is 120 Å². The smallest absolute Gasteiger partial charge is 0.248 e. The van der Waals surface area contributed by atoms with E-state index in [0.717, 1.165) is 18.2 Å². The van der Waals surface area contributed by atoms with Gasteiger partial charge in [-0.15, -0.1) is 0 Å². The number of primary amides is 1. The summed E-state index contributed by atoms with van der Waals surface area (Å²) in [7, 11) is 1.50. The molecule has 3 N–H and O–H groups in total. The van der Waals surface area contributed by atoms with Crippen LogP contribution in [0, 0.1) is 0 Å². The van der Waals surface area contributed by atoms with Crippen LogP contribution in [0.15, 0.2) is 18.2 Å². The molecule has 0 aromatic heterocycles. The second-order valence-corrected chi connectivity index (χ2v) is 4.77. The SMILES string of the molecule is COc1ccc(C(N)=O)cc1NC(=O)CCCCBr. The summed E-state index contributed by atoms with van der Waals surface area (Å²) < 4.78 is 5.13. The zero-order valence-electron chi connectivity index (χ0n) is 10.7. The zero-order valence-corrected chi connectivity index (χ0v) is 12.3. The molecule has 0 unspecified atom stereocenters. The van der Waals surface area contributed by atoms with Crippen LogP contribution in [0.4, 0.5) is 5.69 Å². The maximum atomic E-state index is 11.7. The number of hydrogen-bond acceptors (Lipinski definition) is 3. The fourth-order valence-electron chi connectivity index (χ4n) is 1.55. The van der Waals surface area contributed by atoms with Gasteiger partial charge in [0.2, 0.25) is 11.8 Å². The van der Waals surface area contributed by atoms with E-state index in [1.54, 1.807) is 12.1 Å². The average Bonchev–Trinajstić information content (AvgIpc) is 2.38. The number of halogens is 1. The maximum Gasteiger partial charge on any atom is 0.248 e. The van der Waals surface area contributed by atoms with Gasteiger partial charge in [-0.2, -0.15) is 0 Å². The summed E-state index contributed by atoms with van der Waals surface area (Å²) in [5, 5.41) is 3.60. The first kappa shape index (κ1) is 15.5. The first-order chi connectivity index (χ1) is 9.08. The lowest BCUT2D eigenvalue weighted by atomic mass is 10.1. The molecule has 1 rings (SSSR count). The number of benzene rings is 1. The molecule has 0 bridgehead atoms. The van der Waals surface area contributed by atoms with Gasteiger partial charge < -0.3 is 15.8 Å². The van der Waals surface area contributed by atoms with Crippen LogP contribution in [0.2, 0.25) is 0 Å². The van der Waals surface area contributed by atoms with Crippen LogP contribution in [-0.4, -0.2) is 24.3 Å². The van der Waals surface area contributed by atoms with Crippen molar-refractivity contribution in [1.29, 1.82) is 0 Å². The summed E-state index contributed by atoms with van der Waals surface area (Å²) in [5.74, 6) is -0.155. The number of unbranched alkanes of at least 4 members (excludes halogenated alkanes) is 1. The van der Waals surface area contributed by atoms with Crippen LogP contribution in [0.5, 0.6) is 5.75 Å². The molecule has 0 spiro atoms. The van der Waals surface area contributed by atoms with E-state index in [-0.39, 0.29) is 5.91 Å². The van der Waals surface area contributed by atoms with E-state index < -0.39 is 5.91 Å². The Kier molecular flexibility index (Phi) is 6.35. The molecule has 0 heterocycles. The van der Waals surface area contributed by atoms with Gasteiger partial charge in [-0.05, 0) is 31.0 Å². The van der Waals surface area contributed by atoms with Crippen LogP contribution in [0.3, 0.4) is 0 Å². The molecule has 0 aliphatic carbocycles. The van der Waals surface area contributed by atoms with Crippen molar-refractivity contribution in [3.05, 3.63) is 23.8 Å². The highest BCUT2D eigenvalue weighted by Crippen LogP contribution is 2.25. The van der Waals surface area contributed by atoms with Crippen molar-refractivity contribution in [1.82, 2.24) is 0 Å². The van der Waals surface area contributed by atoms with Crippen LogP contribution < -0.4 is 15.8 Å². The van der Waals surface area contributed by atoms with Crippen molar-refractivity contribution in [3.8, 4) is 5.75 Å². The van der Waals surface area contributed by atoms with Gasteiger partial charge in [0.1, 0.15) is 5.75 Å². The van der Waals surface area contributed by atoms with Gasteiger partial charge in [0, 0.05) is 17.3 Å². The summed E-state index contributed by atoms with van der Waals surface area (Å²) >= 11 is 3.31. The molecular formula is C13H17BrN2O3. The molecule has 0 saturated carbocycles. The second-order valence-electron chi connectivity index (χ2n) is 3.97. The number of amides is 2. The Morgan fingerprint density at radius 2 is 2.11 bits per heavy atom. The van der Waals surface area contributed by atoms with Gasteiger partial charge in [0.15, 0.2) is 0 Å². The number of anilines is 1. The molecule has 0 fully saturated rings. The van der Waals surface area contributed by atoms with Crippen LogP contribution in [-0.2, 0) is 4.79 Å². The number of ether oxygens (including phenoxy) is 1. The molecule has 1 aromatic rings. The minimum Gasteiger partial charge on any atom is -0.495 e. The van der Waals surface area contributed by atoms with Crippen LogP contribution >= 0.6 is 15.9 Å². The second kappa shape index (κ2) is 7.78. The minimum atomic E-state index is -0.544. The monoisotopic (exact) mass is 328 g/mol. The molecular weight excluding hydrogens is 312 g/mol. The van der Waals surface area contributed by atoms with Crippen molar-refractivity contribution < 1.29 is 14.3 Å².